The molecule has 0 aliphatic carbocycles. The van der Waals surface area contributed by atoms with E-state index in [1.807, 2.05) is 13.8 Å². The second kappa shape index (κ2) is 6.43. The van der Waals surface area contributed by atoms with E-state index in [0.29, 0.717) is 6.61 Å². The zero-order valence-electron chi connectivity index (χ0n) is 9.58. The van der Waals surface area contributed by atoms with E-state index < -0.39 is 0 Å². The summed E-state index contributed by atoms with van der Waals surface area (Å²) in [6.45, 7) is 4.92. The van der Waals surface area contributed by atoms with Gasteiger partial charge in [0.15, 0.2) is 0 Å². The minimum atomic E-state index is -0.290. The molecule has 1 heterocycles. The lowest BCUT2D eigenvalue weighted by Crippen LogP contribution is -2.39. The molecule has 1 N–H and O–H groups in total. The minimum absolute atomic E-state index is 0.204. The van der Waals surface area contributed by atoms with E-state index in [-0.39, 0.29) is 12.0 Å². The second-order valence-corrected chi connectivity index (χ2v) is 3.76. The number of nitrogens with zero attached hydrogens (tertiary/aromatic N) is 1. The van der Waals surface area contributed by atoms with Crippen molar-refractivity contribution >= 4 is 11.8 Å². The van der Waals surface area contributed by atoms with Crippen LogP contribution in [0.4, 0.5) is 0 Å². The van der Waals surface area contributed by atoms with Gasteiger partial charge >= 0.3 is 5.97 Å². The molecule has 4 heteroatoms. The third-order valence-electron chi connectivity index (χ3n) is 2.40. The van der Waals surface area contributed by atoms with Crippen molar-refractivity contribution in [3.05, 3.63) is 0 Å². The van der Waals surface area contributed by atoms with Gasteiger partial charge in [-0.1, -0.05) is 6.42 Å². The maximum atomic E-state index is 11.4. The number of amidine groups is 1. The Bertz CT molecular complexity index is 239. The molecule has 1 unspecified atom stereocenters. The first kappa shape index (κ1) is 12.0. The van der Waals surface area contributed by atoms with E-state index in [9.17, 15) is 4.79 Å². The molecule has 15 heavy (non-hydrogen) atoms. The topological polar surface area (TPSA) is 50.7 Å². The number of ether oxygens (including phenoxy) is 1. The van der Waals surface area contributed by atoms with E-state index in [1.165, 1.54) is 6.42 Å². The number of hydrogen-bond acceptors (Lipinski definition) is 4. The average Bonchev–Trinajstić information content (AvgIpc) is 2.46. The van der Waals surface area contributed by atoms with Crippen molar-refractivity contribution in [3.63, 3.8) is 0 Å². The predicted molar refractivity (Wildman–Crippen MR) is 60.0 cm³/mol. The summed E-state index contributed by atoms with van der Waals surface area (Å²) in [7, 11) is 0. The van der Waals surface area contributed by atoms with Gasteiger partial charge < -0.3 is 10.1 Å². The smallest absolute Gasteiger partial charge is 0.328 e. The van der Waals surface area contributed by atoms with Crippen LogP contribution in [0, 0.1) is 0 Å². The van der Waals surface area contributed by atoms with Crippen molar-refractivity contribution < 1.29 is 9.53 Å². The van der Waals surface area contributed by atoms with Crippen molar-refractivity contribution in [1.82, 2.24) is 5.32 Å². The molecule has 0 saturated carbocycles. The molecule has 0 amide bonds. The number of carbonyl (C=O) groups is 1. The molecule has 0 aromatic carbocycles. The Morgan fingerprint density at radius 2 is 2.33 bits per heavy atom. The largest absolute Gasteiger partial charge is 0.464 e. The summed E-state index contributed by atoms with van der Waals surface area (Å²) in [6, 6.07) is -0.290. The fourth-order valence-corrected chi connectivity index (χ4v) is 1.57. The zero-order valence-corrected chi connectivity index (χ0v) is 9.58. The normalized spacial score (nSPS) is 18.7. The molecule has 0 aromatic heterocycles. The molecular formula is C11H20N2O2. The molecule has 0 bridgehead atoms. The summed E-state index contributed by atoms with van der Waals surface area (Å²) in [4.78, 5) is 15.8. The summed E-state index contributed by atoms with van der Waals surface area (Å²) in [5.74, 6) is 0.748. The van der Waals surface area contributed by atoms with Crippen LogP contribution in [0.15, 0.2) is 4.99 Å². The predicted octanol–water partition coefficient (Wildman–Crippen LogP) is 1.50. The van der Waals surface area contributed by atoms with Gasteiger partial charge in [0.25, 0.3) is 0 Å². The van der Waals surface area contributed by atoms with Crippen molar-refractivity contribution in [3.8, 4) is 0 Å². The third-order valence-corrected chi connectivity index (χ3v) is 2.40. The Hall–Kier alpha value is -1.06. The molecule has 0 saturated heterocycles. The highest BCUT2D eigenvalue weighted by atomic mass is 16.5. The highest BCUT2D eigenvalue weighted by Gasteiger charge is 2.15. The van der Waals surface area contributed by atoms with E-state index in [0.717, 1.165) is 31.6 Å². The molecule has 0 aromatic rings. The molecule has 1 aliphatic rings. The fraction of sp³-hybridized carbons (Fsp3) is 0.818. The van der Waals surface area contributed by atoms with Crippen molar-refractivity contribution in [2.75, 3.05) is 13.2 Å². The molecule has 4 nitrogen and oxygen atoms in total. The first-order valence-electron chi connectivity index (χ1n) is 5.70. The van der Waals surface area contributed by atoms with Crippen LogP contribution in [0.5, 0.6) is 0 Å². The monoisotopic (exact) mass is 212 g/mol. The SMILES string of the molecule is CCOC(=O)C(C)NC1=NCCCCC1. The maximum Gasteiger partial charge on any atom is 0.328 e. The number of nitrogens with one attached hydrogen (secondary N) is 1. The van der Waals surface area contributed by atoms with Gasteiger partial charge in [-0.05, 0) is 26.7 Å². The van der Waals surface area contributed by atoms with Crippen LogP contribution in [-0.2, 0) is 9.53 Å². The Labute approximate surface area is 91.1 Å². The number of esters is 1. The Morgan fingerprint density at radius 3 is 3.07 bits per heavy atom. The van der Waals surface area contributed by atoms with Crippen molar-refractivity contribution in [1.29, 1.82) is 0 Å². The molecule has 0 spiro atoms. The number of hydrogen-bond donors (Lipinski definition) is 1. The van der Waals surface area contributed by atoms with Gasteiger partial charge in [-0.3, -0.25) is 4.99 Å². The zero-order chi connectivity index (χ0) is 11.1. The summed E-state index contributed by atoms with van der Waals surface area (Å²) in [6.07, 6.45) is 4.48. The molecule has 1 rings (SSSR count). The fourth-order valence-electron chi connectivity index (χ4n) is 1.57. The summed E-state index contributed by atoms with van der Waals surface area (Å²) in [5, 5.41) is 3.12. The molecule has 0 fully saturated rings. The van der Waals surface area contributed by atoms with Crippen LogP contribution >= 0.6 is 0 Å². The molecule has 1 aliphatic heterocycles. The maximum absolute atomic E-state index is 11.4. The lowest BCUT2D eigenvalue weighted by atomic mass is 10.2. The van der Waals surface area contributed by atoms with Crippen LogP contribution in [0.25, 0.3) is 0 Å². The summed E-state index contributed by atoms with van der Waals surface area (Å²) >= 11 is 0. The number of aliphatic imine (C=N–C) groups is 1. The van der Waals surface area contributed by atoms with E-state index in [1.54, 1.807) is 0 Å². The molecule has 86 valence electrons. The third kappa shape index (κ3) is 4.32. The van der Waals surface area contributed by atoms with Gasteiger partial charge in [0.2, 0.25) is 0 Å². The van der Waals surface area contributed by atoms with Gasteiger partial charge in [-0.2, -0.15) is 0 Å². The standard InChI is InChI=1S/C11H20N2O2/c1-3-15-11(14)9(2)13-10-7-5-4-6-8-12-10/h9H,3-8H2,1-2H3,(H,12,13). The minimum Gasteiger partial charge on any atom is -0.464 e. The average molecular weight is 212 g/mol. The van der Waals surface area contributed by atoms with Gasteiger partial charge in [0.1, 0.15) is 6.04 Å². The highest BCUT2D eigenvalue weighted by Crippen LogP contribution is 2.06. The van der Waals surface area contributed by atoms with E-state index >= 15 is 0 Å². The lowest BCUT2D eigenvalue weighted by molar-refractivity contribution is -0.144. The van der Waals surface area contributed by atoms with E-state index in [2.05, 4.69) is 10.3 Å². The van der Waals surface area contributed by atoms with Gasteiger partial charge in [0, 0.05) is 13.0 Å². The first-order valence-corrected chi connectivity index (χ1v) is 5.70. The van der Waals surface area contributed by atoms with E-state index in [4.69, 9.17) is 4.74 Å². The van der Waals surface area contributed by atoms with Crippen molar-refractivity contribution in [2.24, 2.45) is 4.99 Å². The van der Waals surface area contributed by atoms with Crippen LogP contribution in [0.3, 0.4) is 0 Å². The Morgan fingerprint density at radius 1 is 1.53 bits per heavy atom. The van der Waals surface area contributed by atoms with Crippen LogP contribution in [0.1, 0.15) is 39.5 Å². The van der Waals surface area contributed by atoms with Crippen LogP contribution < -0.4 is 5.32 Å². The quantitative estimate of drug-likeness (QED) is 0.721. The van der Waals surface area contributed by atoms with Crippen LogP contribution in [-0.4, -0.2) is 31.0 Å². The molecular weight excluding hydrogens is 192 g/mol. The van der Waals surface area contributed by atoms with Gasteiger partial charge in [-0.15, -0.1) is 0 Å². The van der Waals surface area contributed by atoms with Crippen molar-refractivity contribution in [2.45, 2.75) is 45.6 Å². The van der Waals surface area contributed by atoms with Crippen LogP contribution in [0.2, 0.25) is 0 Å². The molecule has 1 atom stereocenters. The summed E-state index contributed by atoms with van der Waals surface area (Å²) in [5.41, 5.74) is 0. The Balaban J connectivity index is 2.38. The van der Waals surface area contributed by atoms with Gasteiger partial charge in [0.05, 0.1) is 12.4 Å². The lowest BCUT2D eigenvalue weighted by Gasteiger charge is -2.14. The van der Waals surface area contributed by atoms with Gasteiger partial charge in [-0.25, -0.2) is 4.79 Å². The second-order valence-electron chi connectivity index (χ2n) is 3.76. The Kier molecular flexibility index (Phi) is 5.15. The highest BCUT2D eigenvalue weighted by molar-refractivity contribution is 5.87. The molecule has 0 radical (unpaired) electrons. The first-order chi connectivity index (χ1) is 7.24. The number of carbonyl (C=O) groups excluding carboxylic acids is 1. The summed E-state index contributed by atoms with van der Waals surface area (Å²) < 4.78 is 4.92. The number of rotatable bonds is 3.